The van der Waals surface area contributed by atoms with Gasteiger partial charge in [-0.25, -0.2) is 0 Å². The van der Waals surface area contributed by atoms with Crippen LogP contribution in [0.25, 0.3) is 0 Å². The first-order valence-electron chi connectivity index (χ1n) is 7.03. The lowest BCUT2D eigenvalue weighted by Gasteiger charge is -2.30. The summed E-state index contributed by atoms with van der Waals surface area (Å²) in [5, 5.41) is 6.35. The molecule has 0 aliphatic carbocycles. The van der Waals surface area contributed by atoms with Gasteiger partial charge in [-0.2, -0.15) is 0 Å². The van der Waals surface area contributed by atoms with Gasteiger partial charge in [0, 0.05) is 25.6 Å². The number of hydrogen-bond donors (Lipinski definition) is 2. The minimum absolute atomic E-state index is 0. The van der Waals surface area contributed by atoms with E-state index in [4.69, 9.17) is 0 Å². The van der Waals surface area contributed by atoms with Gasteiger partial charge in [0.15, 0.2) is 0 Å². The Balaban J connectivity index is 0.00000180. The Bertz CT molecular complexity index is 319. The molecule has 0 spiro atoms. The summed E-state index contributed by atoms with van der Waals surface area (Å²) in [7, 11) is 0. The number of rotatable bonds is 4. The molecule has 0 aromatic heterocycles. The van der Waals surface area contributed by atoms with Crippen molar-refractivity contribution in [1.82, 2.24) is 15.5 Å². The molecule has 0 bridgehead atoms. The number of likely N-dealkylation sites (tertiary alicyclic amines) is 1. The van der Waals surface area contributed by atoms with Crippen molar-refractivity contribution in [3.05, 3.63) is 0 Å². The van der Waals surface area contributed by atoms with E-state index < -0.39 is 0 Å². The summed E-state index contributed by atoms with van der Waals surface area (Å²) < 4.78 is 0. The van der Waals surface area contributed by atoms with Gasteiger partial charge in [-0.15, -0.1) is 12.4 Å². The van der Waals surface area contributed by atoms with E-state index in [1.54, 1.807) is 4.90 Å². The van der Waals surface area contributed by atoms with Crippen molar-refractivity contribution in [3.8, 4) is 0 Å². The normalized spacial score (nSPS) is 24.8. The Morgan fingerprint density at radius 3 is 2.84 bits per heavy atom. The second kappa shape index (κ2) is 7.70. The molecule has 5 nitrogen and oxygen atoms in total. The molecule has 19 heavy (non-hydrogen) atoms. The van der Waals surface area contributed by atoms with E-state index in [0.717, 1.165) is 38.9 Å². The molecule has 2 aliphatic heterocycles. The molecule has 2 atom stereocenters. The first-order valence-corrected chi connectivity index (χ1v) is 7.03. The summed E-state index contributed by atoms with van der Waals surface area (Å²) >= 11 is 0. The van der Waals surface area contributed by atoms with Gasteiger partial charge in [0.05, 0.1) is 0 Å². The first kappa shape index (κ1) is 16.2. The molecular formula is C13H24ClN3O2. The van der Waals surface area contributed by atoms with Crippen LogP contribution >= 0.6 is 12.4 Å². The van der Waals surface area contributed by atoms with Crippen LogP contribution in [0.5, 0.6) is 0 Å². The summed E-state index contributed by atoms with van der Waals surface area (Å²) in [6.45, 7) is 4.58. The van der Waals surface area contributed by atoms with Gasteiger partial charge in [-0.1, -0.05) is 6.92 Å². The van der Waals surface area contributed by atoms with E-state index in [9.17, 15) is 9.59 Å². The zero-order valence-electron chi connectivity index (χ0n) is 11.5. The van der Waals surface area contributed by atoms with Crippen molar-refractivity contribution in [2.75, 3.05) is 19.6 Å². The summed E-state index contributed by atoms with van der Waals surface area (Å²) in [6, 6.07) is -0.0556. The van der Waals surface area contributed by atoms with Crippen LogP contribution in [0.3, 0.4) is 0 Å². The third-order valence-corrected chi connectivity index (χ3v) is 3.82. The average Bonchev–Trinajstić information content (AvgIpc) is 2.78. The Hall–Kier alpha value is -0.810. The zero-order valence-corrected chi connectivity index (χ0v) is 12.3. The van der Waals surface area contributed by atoms with Crippen LogP contribution < -0.4 is 10.6 Å². The second-order valence-electron chi connectivity index (χ2n) is 5.17. The third kappa shape index (κ3) is 4.08. The van der Waals surface area contributed by atoms with Gasteiger partial charge in [-0.05, 0) is 32.2 Å². The molecule has 2 rings (SSSR count). The summed E-state index contributed by atoms with van der Waals surface area (Å²) in [6.07, 6.45) is 4.30. The van der Waals surface area contributed by atoms with Gasteiger partial charge in [0.1, 0.15) is 6.04 Å². The number of nitrogens with one attached hydrogen (secondary N) is 2. The van der Waals surface area contributed by atoms with Crippen molar-refractivity contribution in [1.29, 1.82) is 0 Å². The van der Waals surface area contributed by atoms with Crippen LogP contribution in [0.2, 0.25) is 0 Å². The molecule has 2 fully saturated rings. The van der Waals surface area contributed by atoms with Gasteiger partial charge in [0.2, 0.25) is 11.8 Å². The number of amides is 2. The highest BCUT2D eigenvalue weighted by molar-refractivity contribution is 5.88. The molecule has 0 radical (unpaired) electrons. The number of carbonyl (C=O) groups is 2. The summed E-state index contributed by atoms with van der Waals surface area (Å²) in [5.41, 5.74) is 0. The topological polar surface area (TPSA) is 61.4 Å². The smallest absolute Gasteiger partial charge is 0.243 e. The predicted octanol–water partition coefficient (Wildman–Crippen LogP) is 0.677. The highest BCUT2D eigenvalue weighted by Gasteiger charge is 2.32. The Morgan fingerprint density at radius 1 is 1.53 bits per heavy atom. The number of hydrogen-bond acceptors (Lipinski definition) is 3. The maximum atomic E-state index is 12.2. The van der Waals surface area contributed by atoms with Gasteiger partial charge in [0.25, 0.3) is 0 Å². The van der Waals surface area contributed by atoms with Gasteiger partial charge in [-0.3, -0.25) is 9.59 Å². The molecule has 2 heterocycles. The van der Waals surface area contributed by atoms with E-state index in [2.05, 4.69) is 10.6 Å². The molecule has 110 valence electrons. The Morgan fingerprint density at radius 2 is 2.32 bits per heavy atom. The van der Waals surface area contributed by atoms with Crippen molar-refractivity contribution in [2.45, 2.75) is 51.1 Å². The number of nitrogens with zero attached hydrogens (tertiary/aromatic N) is 1. The molecule has 1 unspecified atom stereocenters. The van der Waals surface area contributed by atoms with Crippen LogP contribution in [0.15, 0.2) is 0 Å². The fourth-order valence-electron chi connectivity index (χ4n) is 2.82. The molecule has 0 aromatic rings. The largest absolute Gasteiger partial charge is 0.350 e. The summed E-state index contributed by atoms with van der Waals surface area (Å²) in [5.74, 6) is 0.139. The third-order valence-electron chi connectivity index (χ3n) is 3.82. The van der Waals surface area contributed by atoms with Gasteiger partial charge < -0.3 is 15.5 Å². The van der Waals surface area contributed by atoms with E-state index >= 15 is 0 Å². The van der Waals surface area contributed by atoms with E-state index in [0.29, 0.717) is 12.8 Å². The average molecular weight is 290 g/mol. The Kier molecular flexibility index (Phi) is 6.58. The van der Waals surface area contributed by atoms with Crippen LogP contribution in [-0.4, -0.2) is 48.4 Å². The molecule has 2 saturated heterocycles. The number of carbonyl (C=O) groups excluding carboxylic acids is 2. The van der Waals surface area contributed by atoms with Crippen molar-refractivity contribution in [2.24, 2.45) is 0 Å². The molecule has 2 N–H and O–H groups in total. The standard InChI is InChI=1S/C13H23N3O2.ClH/c1-2-11(16-8-4-6-12(16)17)13(18)15-10-5-3-7-14-9-10;/h10-11,14H,2-9H2,1H3,(H,15,18);1H/t10-,11?;/m0./s1. The van der Waals surface area contributed by atoms with E-state index in [-0.39, 0.29) is 36.3 Å². The van der Waals surface area contributed by atoms with Crippen LogP contribution in [0.4, 0.5) is 0 Å². The lowest BCUT2D eigenvalue weighted by Crippen LogP contribution is -2.53. The van der Waals surface area contributed by atoms with E-state index in [1.807, 2.05) is 6.92 Å². The van der Waals surface area contributed by atoms with E-state index in [1.165, 1.54) is 0 Å². The monoisotopic (exact) mass is 289 g/mol. The minimum Gasteiger partial charge on any atom is -0.350 e. The van der Waals surface area contributed by atoms with Gasteiger partial charge >= 0.3 is 0 Å². The lowest BCUT2D eigenvalue weighted by atomic mass is 10.1. The van der Waals surface area contributed by atoms with Crippen molar-refractivity contribution < 1.29 is 9.59 Å². The summed E-state index contributed by atoms with van der Waals surface area (Å²) in [4.78, 5) is 25.7. The second-order valence-corrected chi connectivity index (χ2v) is 5.17. The van der Waals surface area contributed by atoms with Crippen LogP contribution in [0, 0.1) is 0 Å². The predicted molar refractivity (Wildman–Crippen MR) is 76.3 cm³/mol. The molecular weight excluding hydrogens is 266 g/mol. The highest BCUT2D eigenvalue weighted by atomic mass is 35.5. The fourth-order valence-corrected chi connectivity index (χ4v) is 2.82. The molecule has 2 aliphatic rings. The number of piperidine rings is 1. The Labute approximate surface area is 120 Å². The highest BCUT2D eigenvalue weighted by Crippen LogP contribution is 2.16. The van der Waals surface area contributed by atoms with Crippen molar-refractivity contribution in [3.63, 3.8) is 0 Å². The minimum atomic E-state index is -0.276. The quantitative estimate of drug-likeness (QED) is 0.800. The first-order chi connectivity index (χ1) is 8.72. The maximum Gasteiger partial charge on any atom is 0.243 e. The molecule has 2 amide bonds. The van der Waals surface area contributed by atoms with Crippen LogP contribution in [0.1, 0.15) is 39.0 Å². The number of halogens is 1. The lowest BCUT2D eigenvalue weighted by molar-refractivity contribution is -0.138. The van der Waals surface area contributed by atoms with Crippen molar-refractivity contribution >= 4 is 24.2 Å². The molecule has 0 saturated carbocycles. The van der Waals surface area contributed by atoms with Crippen LogP contribution in [-0.2, 0) is 9.59 Å². The molecule has 0 aromatic carbocycles. The zero-order chi connectivity index (χ0) is 13.0. The SMILES string of the molecule is CCC(C(=O)N[C@H]1CCCNC1)N1CCCC1=O.Cl. The maximum absolute atomic E-state index is 12.2. The molecule has 6 heteroatoms. The fraction of sp³-hybridized carbons (Fsp3) is 0.846.